The van der Waals surface area contributed by atoms with Gasteiger partial charge in [0.05, 0.1) is 18.0 Å². The standard InChI is InChI=1S/C13H26N6O2S.HI/c1-5-19(6-2)22(20,21)10-9-15-13(14-3)16-11-12-7-8-17-18(12)4;/h7-8H,5-6,9-11H2,1-4H3,(H2,14,15,16);1H. The van der Waals surface area contributed by atoms with Crippen LogP contribution in [0.1, 0.15) is 19.5 Å². The Morgan fingerprint density at radius 3 is 2.48 bits per heavy atom. The van der Waals surface area contributed by atoms with Crippen molar-refractivity contribution >= 4 is 40.0 Å². The summed E-state index contributed by atoms with van der Waals surface area (Å²) in [5.41, 5.74) is 1.01. The van der Waals surface area contributed by atoms with Gasteiger partial charge in [0, 0.05) is 39.9 Å². The SMILES string of the molecule is CCN(CC)S(=O)(=O)CCNC(=NC)NCc1ccnn1C.I. The number of hydrogen-bond donors (Lipinski definition) is 2. The molecule has 0 spiro atoms. The summed E-state index contributed by atoms with van der Waals surface area (Å²) in [7, 11) is 0.298. The summed E-state index contributed by atoms with van der Waals surface area (Å²) < 4.78 is 27.4. The van der Waals surface area contributed by atoms with Gasteiger partial charge in [0.2, 0.25) is 10.0 Å². The van der Waals surface area contributed by atoms with Crippen LogP contribution < -0.4 is 10.6 Å². The maximum atomic E-state index is 12.1. The summed E-state index contributed by atoms with van der Waals surface area (Å²) in [4.78, 5) is 4.08. The highest BCUT2D eigenvalue weighted by molar-refractivity contribution is 14.0. The highest BCUT2D eigenvalue weighted by Gasteiger charge is 2.18. The smallest absolute Gasteiger partial charge is 0.215 e. The number of sulfonamides is 1. The van der Waals surface area contributed by atoms with E-state index in [1.807, 2.05) is 27.0 Å². The lowest BCUT2D eigenvalue weighted by atomic mass is 10.4. The van der Waals surface area contributed by atoms with Crippen LogP contribution in [-0.4, -0.2) is 60.9 Å². The molecule has 1 aromatic heterocycles. The van der Waals surface area contributed by atoms with Gasteiger partial charge in [0.25, 0.3) is 0 Å². The average Bonchev–Trinajstić information content (AvgIpc) is 2.89. The molecule has 8 nitrogen and oxygen atoms in total. The van der Waals surface area contributed by atoms with Crippen molar-refractivity contribution in [3.05, 3.63) is 18.0 Å². The lowest BCUT2D eigenvalue weighted by Gasteiger charge is -2.19. The van der Waals surface area contributed by atoms with Crippen LogP contribution in [0.4, 0.5) is 0 Å². The fourth-order valence-electron chi connectivity index (χ4n) is 2.01. The summed E-state index contributed by atoms with van der Waals surface area (Å²) in [6.45, 7) is 5.53. The quantitative estimate of drug-likeness (QED) is 0.334. The van der Waals surface area contributed by atoms with E-state index in [0.29, 0.717) is 32.1 Å². The van der Waals surface area contributed by atoms with Crippen LogP contribution in [0, 0.1) is 0 Å². The van der Waals surface area contributed by atoms with Gasteiger partial charge in [-0.1, -0.05) is 13.8 Å². The van der Waals surface area contributed by atoms with Crippen molar-refractivity contribution in [2.24, 2.45) is 12.0 Å². The van der Waals surface area contributed by atoms with Gasteiger partial charge in [-0.3, -0.25) is 9.67 Å². The molecule has 2 N–H and O–H groups in total. The molecule has 0 saturated carbocycles. The molecule has 10 heteroatoms. The minimum absolute atomic E-state index is 0. The van der Waals surface area contributed by atoms with Crippen LogP contribution in [0.2, 0.25) is 0 Å². The van der Waals surface area contributed by atoms with Crippen molar-refractivity contribution in [2.75, 3.05) is 32.4 Å². The third-order valence-electron chi connectivity index (χ3n) is 3.33. The molecular weight excluding hydrogens is 431 g/mol. The van der Waals surface area contributed by atoms with Gasteiger partial charge < -0.3 is 10.6 Å². The van der Waals surface area contributed by atoms with Gasteiger partial charge in [-0.15, -0.1) is 24.0 Å². The largest absolute Gasteiger partial charge is 0.355 e. The second-order valence-electron chi connectivity index (χ2n) is 4.70. The number of halogens is 1. The second-order valence-corrected chi connectivity index (χ2v) is 6.79. The highest BCUT2D eigenvalue weighted by atomic mass is 127. The number of rotatable bonds is 8. The predicted octanol–water partition coefficient (Wildman–Crippen LogP) is 0.375. The number of hydrogen-bond acceptors (Lipinski definition) is 4. The van der Waals surface area contributed by atoms with E-state index in [2.05, 4.69) is 20.7 Å². The normalized spacial score (nSPS) is 12.1. The number of aryl methyl sites for hydroxylation is 1. The van der Waals surface area contributed by atoms with Crippen molar-refractivity contribution in [3.8, 4) is 0 Å². The maximum Gasteiger partial charge on any atom is 0.215 e. The van der Waals surface area contributed by atoms with Gasteiger partial charge in [0.1, 0.15) is 0 Å². The Kier molecular flexibility index (Phi) is 10.4. The zero-order chi connectivity index (χ0) is 16.6. The van der Waals surface area contributed by atoms with E-state index in [4.69, 9.17) is 0 Å². The van der Waals surface area contributed by atoms with E-state index in [-0.39, 0.29) is 29.7 Å². The first kappa shape index (κ1) is 22.1. The van der Waals surface area contributed by atoms with Gasteiger partial charge in [0.15, 0.2) is 5.96 Å². The summed E-state index contributed by atoms with van der Waals surface area (Å²) in [6, 6.07) is 1.91. The minimum atomic E-state index is -3.22. The van der Waals surface area contributed by atoms with E-state index in [1.54, 1.807) is 17.9 Å². The van der Waals surface area contributed by atoms with Gasteiger partial charge in [-0.05, 0) is 6.07 Å². The van der Waals surface area contributed by atoms with Gasteiger partial charge in [-0.25, -0.2) is 12.7 Å². The van der Waals surface area contributed by atoms with Crippen LogP contribution in [0.25, 0.3) is 0 Å². The molecule has 0 atom stereocenters. The van der Waals surface area contributed by atoms with E-state index in [9.17, 15) is 8.42 Å². The number of aromatic nitrogens is 2. The number of guanidine groups is 1. The molecule has 1 heterocycles. The average molecular weight is 458 g/mol. The molecule has 0 aliphatic heterocycles. The van der Waals surface area contributed by atoms with Crippen molar-refractivity contribution in [2.45, 2.75) is 20.4 Å². The van der Waals surface area contributed by atoms with Gasteiger partial charge in [-0.2, -0.15) is 5.10 Å². The minimum Gasteiger partial charge on any atom is -0.355 e. The number of aliphatic imine (C=N–C) groups is 1. The monoisotopic (exact) mass is 458 g/mol. The molecule has 1 aromatic rings. The summed E-state index contributed by atoms with van der Waals surface area (Å²) in [6.07, 6.45) is 1.73. The first-order valence-corrected chi connectivity index (χ1v) is 8.94. The van der Waals surface area contributed by atoms with Crippen molar-refractivity contribution in [1.82, 2.24) is 24.7 Å². The molecule has 0 fully saturated rings. The maximum absolute atomic E-state index is 12.1. The van der Waals surface area contributed by atoms with E-state index in [1.165, 1.54) is 4.31 Å². The first-order valence-electron chi connectivity index (χ1n) is 7.33. The number of nitrogens with one attached hydrogen (secondary N) is 2. The second kappa shape index (κ2) is 10.8. The molecule has 1 rings (SSSR count). The molecule has 23 heavy (non-hydrogen) atoms. The highest BCUT2D eigenvalue weighted by Crippen LogP contribution is 1.99. The summed E-state index contributed by atoms with van der Waals surface area (Å²) >= 11 is 0. The lowest BCUT2D eigenvalue weighted by Crippen LogP contribution is -2.42. The predicted molar refractivity (Wildman–Crippen MR) is 104 cm³/mol. The lowest BCUT2D eigenvalue weighted by molar-refractivity contribution is 0.445. The molecule has 0 aliphatic rings. The summed E-state index contributed by atoms with van der Waals surface area (Å²) in [5.74, 6) is 0.608. The first-order chi connectivity index (χ1) is 10.4. The Bertz CT molecular complexity index is 583. The van der Waals surface area contributed by atoms with Crippen LogP contribution in [0.15, 0.2) is 17.3 Å². The molecule has 134 valence electrons. The molecular formula is C13H27IN6O2S. The van der Waals surface area contributed by atoms with Crippen LogP contribution in [-0.2, 0) is 23.6 Å². The van der Waals surface area contributed by atoms with E-state index >= 15 is 0 Å². The topological polar surface area (TPSA) is 91.6 Å². The van der Waals surface area contributed by atoms with Gasteiger partial charge >= 0.3 is 0 Å². The van der Waals surface area contributed by atoms with E-state index < -0.39 is 10.0 Å². The molecule has 0 amide bonds. The van der Waals surface area contributed by atoms with E-state index in [0.717, 1.165) is 5.69 Å². The van der Waals surface area contributed by atoms with Crippen LogP contribution in [0.3, 0.4) is 0 Å². The summed E-state index contributed by atoms with van der Waals surface area (Å²) in [5, 5.41) is 10.2. The molecule has 0 aromatic carbocycles. The van der Waals surface area contributed by atoms with Crippen molar-refractivity contribution in [1.29, 1.82) is 0 Å². The molecule has 0 radical (unpaired) electrons. The van der Waals surface area contributed by atoms with Crippen LogP contribution >= 0.6 is 24.0 Å². The zero-order valence-corrected chi connectivity index (χ0v) is 17.3. The van der Waals surface area contributed by atoms with Crippen molar-refractivity contribution in [3.63, 3.8) is 0 Å². The Morgan fingerprint density at radius 1 is 1.35 bits per heavy atom. The zero-order valence-electron chi connectivity index (χ0n) is 14.1. The third-order valence-corrected chi connectivity index (χ3v) is 5.36. The van der Waals surface area contributed by atoms with Crippen LogP contribution in [0.5, 0.6) is 0 Å². The molecule has 0 saturated heterocycles. The number of nitrogens with zero attached hydrogens (tertiary/aromatic N) is 4. The fraction of sp³-hybridized carbons (Fsp3) is 0.692. The third kappa shape index (κ3) is 7.04. The Morgan fingerprint density at radius 2 is 2.00 bits per heavy atom. The Hall–Kier alpha value is -0.880. The Labute approximate surface area is 155 Å². The molecule has 0 bridgehead atoms. The Balaban J connectivity index is 0.00000484. The van der Waals surface area contributed by atoms with Crippen molar-refractivity contribution < 1.29 is 8.42 Å². The molecule has 0 aliphatic carbocycles. The fourth-order valence-corrected chi connectivity index (χ4v) is 3.42. The molecule has 0 unspecified atom stereocenters.